The maximum absolute atomic E-state index is 11.8. The number of carbonyl (C=O) groups excluding carboxylic acids is 1. The normalized spacial score (nSPS) is 21.6. The predicted molar refractivity (Wildman–Crippen MR) is 72.7 cm³/mol. The van der Waals surface area contributed by atoms with Crippen LogP contribution in [0.2, 0.25) is 0 Å². The van der Waals surface area contributed by atoms with E-state index in [4.69, 9.17) is 5.11 Å². The first-order chi connectivity index (χ1) is 7.88. The Morgan fingerprint density at radius 3 is 2.33 bits per heavy atom. The van der Waals surface area contributed by atoms with E-state index in [1.807, 2.05) is 13.8 Å². The van der Waals surface area contributed by atoms with Gasteiger partial charge in [0.15, 0.2) is 0 Å². The molecule has 0 spiro atoms. The van der Waals surface area contributed by atoms with Gasteiger partial charge in [-0.2, -0.15) is 0 Å². The molecule has 1 aliphatic carbocycles. The predicted octanol–water partition coefficient (Wildman–Crippen LogP) is 1.53. The fourth-order valence-corrected chi connectivity index (χ4v) is 2.04. The molecule has 100 valence electrons. The first-order valence-electron chi connectivity index (χ1n) is 6.41. The summed E-state index contributed by atoms with van der Waals surface area (Å²) in [5.41, 5.74) is 0.0521. The summed E-state index contributed by atoms with van der Waals surface area (Å²) in [6.07, 6.45) is 4.30. The number of aliphatic carboxylic acids is 1. The van der Waals surface area contributed by atoms with Crippen molar-refractivity contribution >= 4 is 41.4 Å². The minimum atomic E-state index is -0.923. The average molecular weight is 265 g/mol. The monoisotopic (exact) mass is 265 g/mol. The van der Waals surface area contributed by atoms with Crippen LogP contribution in [0, 0.1) is 11.3 Å². The van der Waals surface area contributed by atoms with Crippen LogP contribution in [-0.2, 0) is 9.59 Å². The third kappa shape index (κ3) is 5.29. The Morgan fingerprint density at radius 1 is 1.39 bits per heavy atom. The van der Waals surface area contributed by atoms with Gasteiger partial charge in [0.05, 0.1) is 0 Å². The molecule has 2 unspecified atom stereocenters. The molecular weight excluding hydrogens is 241 g/mol. The van der Waals surface area contributed by atoms with Gasteiger partial charge in [-0.15, -0.1) is 0 Å². The van der Waals surface area contributed by atoms with E-state index >= 15 is 0 Å². The van der Waals surface area contributed by atoms with Gasteiger partial charge in [0.2, 0.25) is 5.91 Å². The molecule has 1 amide bonds. The SMILES string of the molecule is CCCCCC(NC(=O)C1CC1(C)C)C(=O)O.[NaH]. The number of carboxylic acids is 1. The molecule has 1 saturated carbocycles. The van der Waals surface area contributed by atoms with Crippen LogP contribution in [-0.4, -0.2) is 52.6 Å². The Kier molecular flexibility index (Phi) is 7.48. The summed E-state index contributed by atoms with van der Waals surface area (Å²) in [6.45, 7) is 6.13. The number of rotatable bonds is 7. The molecule has 0 bridgehead atoms. The van der Waals surface area contributed by atoms with E-state index in [0.717, 1.165) is 25.7 Å². The molecule has 0 aromatic heterocycles. The van der Waals surface area contributed by atoms with Crippen molar-refractivity contribution in [2.75, 3.05) is 0 Å². The van der Waals surface area contributed by atoms with Gasteiger partial charge in [-0.25, -0.2) is 4.79 Å². The summed E-state index contributed by atoms with van der Waals surface area (Å²) in [6, 6.07) is -0.717. The van der Waals surface area contributed by atoms with E-state index in [0.29, 0.717) is 6.42 Å². The van der Waals surface area contributed by atoms with E-state index in [9.17, 15) is 9.59 Å². The van der Waals surface area contributed by atoms with Crippen LogP contribution in [0.25, 0.3) is 0 Å². The van der Waals surface area contributed by atoms with Crippen LogP contribution < -0.4 is 5.32 Å². The molecule has 18 heavy (non-hydrogen) atoms. The van der Waals surface area contributed by atoms with Gasteiger partial charge in [-0.1, -0.05) is 40.0 Å². The van der Waals surface area contributed by atoms with Crippen LogP contribution in [0.4, 0.5) is 0 Å². The zero-order valence-electron chi connectivity index (χ0n) is 11.0. The number of carbonyl (C=O) groups is 2. The first kappa shape index (κ1) is 17.9. The second-order valence-corrected chi connectivity index (χ2v) is 5.64. The first-order valence-corrected chi connectivity index (χ1v) is 6.41. The molecule has 1 fully saturated rings. The number of hydrogen-bond acceptors (Lipinski definition) is 2. The molecule has 1 rings (SSSR count). The molecule has 0 radical (unpaired) electrons. The molecule has 0 aromatic rings. The van der Waals surface area contributed by atoms with Crippen molar-refractivity contribution in [3.63, 3.8) is 0 Å². The van der Waals surface area contributed by atoms with Gasteiger partial charge < -0.3 is 10.4 Å². The summed E-state index contributed by atoms with van der Waals surface area (Å²) < 4.78 is 0. The van der Waals surface area contributed by atoms with Crippen LogP contribution >= 0.6 is 0 Å². The van der Waals surface area contributed by atoms with E-state index in [1.165, 1.54) is 0 Å². The summed E-state index contributed by atoms with van der Waals surface area (Å²) in [4.78, 5) is 22.8. The van der Waals surface area contributed by atoms with Crippen LogP contribution in [0.3, 0.4) is 0 Å². The number of amides is 1. The Bertz CT molecular complexity index is 305. The van der Waals surface area contributed by atoms with E-state index < -0.39 is 12.0 Å². The molecule has 0 saturated heterocycles. The van der Waals surface area contributed by atoms with Gasteiger partial charge in [0.1, 0.15) is 6.04 Å². The van der Waals surface area contributed by atoms with Crippen molar-refractivity contribution in [3.8, 4) is 0 Å². The summed E-state index contributed by atoms with van der Waals surface area (Å²) in [5.74, 6) is -1.03. The van der Waals surface area contributed by atoms with Gasteiger partial charge in [0.25, 0.3) is 0 Å². The topological polar surface area (TPSA) is 66.4 Å². The molecule has 1 aliphatic rings. The van der Waals surface area contributed by atoms with Crippen molar-refractivity contribution in [1.82, 2.24) is 5.32 Å². The number of carboxylic acid groups (broad SMARTS) is 1. The third-order valence-electron chi connectivity index (χ3n) is 3.54. The fraction of sp³-hybridized carbons (Fsp3) is 0.846. The van der Waals surface area contributed by atoms with Gasteiger partial charge in [-0.3, -0.25) is 4.79 Å². The molecule has 0 aromatic carbocycles. The van der Waals surface area contributed by atoms with Gasteiger partial charge in [-0.05, 0) is 18.3 Å². The summed E-state index contributed by atoms with van der Waals surface area (Å²) in [5, 5.41) is 11.7. The van der Waals surface area contributed by atoms with Crippen LogP contribution in [0.1, 0.15) is 52.9 Å². The van der Waals surface area contributed by atoms with Crippen molar-refractivity contribution in [2.45, 2.75) is 58.9 Å². The fourth-order valence-electron chi connectivity index (χ4n) is 2.04. The minimum absolute atomic E-state index is 0. The van der Waals surface area contributed by atoms with Gasteiger partial charge in [0, 0.05) is 5.92 Å². The van der Waals surface area contributed by atoms with Crippen LogP contribution in [0.5, 0.6) is 0 Å². The van der Waals surface area contributed by atoms with Crippen molar-refractivity contribution < 1.29 is 14.7 Å². The third-order valence-corrected chi connectivity index (χ3v) is 3.54. The number of hydrogen-bond donors (Lipinski definition) is 2. The average Bonchev–Trinajstić information content (AvgIpc) is 2.86. The van der Waals surface area contributed by atoms with E-state index in [2.05, 4.69) is 12.2 Å². The van der Waals surface area contributed by atoms with Crippen molar-refractivity contribution in [1.29, 1.82) is 0 Å². The standard InChI is InChI=1S/C13H23NO3.Na.H/c1-4-5-6-7-10(12(16)17)14-11(15)9-8-13(9,2)3;;/h9-10H,4-8H2,1-3H3,(H,14,15)(H,16,17);;. The summed E-state index contributed by atoms with van der Waals surface area (Å²) in [7, 11) is 0. The summed E-state index contributed by atoms with van der Waals surface area (Å²) >= 11 is 0. The maximum atomic E-state index is 11.8. The van der Waals surface area contributed by atoms with E-state index in [1.54, 1.807) is 0 Å². The van der Waals surface area contributed by atoms with Crippen molar-refractivity contribution in [2.24, 2.45) is 11.3 Å². The zero-order valence-corrected chi connectivity index (χ0v) is 11.0. The Balaban J connectivity index is 0.00000289. The molecule has 0 heterocycles. The van der Waals surface area contributed by atoms with E-state index in [-0.39, 0.29) is 46.8 Å². The molecule has 0 aliphatic heterocycles. The molecule has 5 heteroatoms. The molecular formula is C13H24NNaO3. The second kappa shape index (κ2) is 7.51. The second-order valence-electron chi connectivity index (χ2n) is 5.64. The Labute approximate surface area is 131 Å². The van der Waals surface area contributed by atoms with Crippen molar-refractivity contribution in [3.05, 3.63) is 0 Å². The Hall–Kier alpha value is -0.0600. The molecule has 2 atom stereocenters. The quantitative estimate of drug-likeness (QED) is 0.542. The Morgan fingerprint density at radius 2 is 1.94 bits per heavy atom. The number of unbranched alkanes of at least 4 members (excludes halogenated alkanes) is 2. The van der Waals surface area contributed by atoms with Gasteiger partial charge >= 0.3 is 35.5 Å². The zero-order chi connectivity index (χ0) is 13.1. The van der Waals surface area contributed by atoms with Crippen LogP contribution in [0.15, 0.2) is 0 Å². The number of nitrogens with one attached hydrogen (secondary N) is 1. The molecule has 4 nitrogen and oxygen atoms in total. The molecule has 2 N–H and O–H groups in total.